The molecule has 3 nitrogen and oxygen atoms in total. The van der Waals surface area contributed by atoms with Crippen molar-refractivity contribution in [3.63, 3.8) is 0 Å². The molecule has 0 unspecified atom stereocenters. The van der Waals surface area contributed by atoms with Crippen LogP contribution in [0.2, 0.25) is 0 Å². The molecule has 0 saturated heterocycles. The molecule has 0 amide bonds. The number of aromatic nitrogens is 2. The molecule has 2 aromatic carbocycles. The van der Waals surface area contributed by atoms with Crippen LogP contribution in [0, 0.1) is 5.92 Å². The highest BCUT2D eigenvalue weighted by atomic mass is 16.5. The van der Waals surface area contributed by atoms with Crippen molar-refractivity contribution in [3.05, 3.63) is 66.9 Å². The van der Waals surface area contributed by atoms with Crippen LogP contribution in [0.1, 0.15) is 25.7 Å². The van der Waals surface area contributed by atoms with Crippen molar-refractivity contribution in [2.75, 3.05) is 6.61 Å². The highest BCUT2D eigenvalue weighted by Crippen LogP contribution is 2.31. The molecule has 1 saturated carbocycles. The summed E-state index contributed by atoms with van der Waals surface area (Å²) in [6.07, 6.45) is 7.03. The Morgan fingerprint density at radius 2 is 1.48 bits per heavy atom. The van der Waals surface area contributed by atoms with Gasteiger partial charge in [-0.2, -0.15) is 4.98 Å². The second-order valence-electron chi connectivity index (χ2n) is 6.61. The number of benzene rings is 2. The number of ether oxygens (including phenoxy) is 1. The van der Waals surface area contributed by atoms with E-state index in [0.717, 1.165) is 29.0 Å². The van der Waals surface area contributed by atoms with Gasteiger partial charge >= 0.3 is 6.01 Å². The van der Waals surface area contributed by atoms with Gasteiger partial charge in [0.25, 0.3) is 0 Å². The quantitative estimate of drug-likeness (QED) is 0.630. The van der Waals surface area contributed by atoms with E-state index in [4.69, 9.17) is 9.72 Å². The normalized spacial score (nSPS) is 14.6. The fourth-order valence-corrected chi connectivity index (χ4v) is 3.45. The summed E-state index contributed by atoms with van der Waals surface area (Å²) in [6.45, 7) is 0.721. The minimum atomic E-state index is 0.477. The Kier molecular flexibility index (Phi) is 4.73. The van der Waals surface area contributed by atoms with E-state index < -0.39 is 0 Å². The summed E-state index contributed by atoms with van der Waals surface area (Å²) >= 11 is 0. The summed E-state index contributed by atoms with van der Waals surface area (Å²) < 4.78 is 5.92. The van der Waals surface area contributed by atoms with E-state index in [-0.39, 0.29) is 0 Å². The van der Waals surface area contributed by atoms with E-state index in [1.165, 1.54) is 25.7 Å². The van der Waals surface area contributed by atoms with E-state index >= 15 is 0 Å². The molecule has 0 atom stereocenters. The SMILES string of the molecule is c1ccc(-c2cnc(OCC3CCCC3)nc2-c2ccccc2)cc1. The van der Waals surface area contributed by atoms with Gasteiger partial charge in [-0.1, -0.05) is 73.5 Å². The van der Waals surface area contributed by atoms with Crippen molar-refractivity contribution in [2.45, 2.75) is 25.7 Å². The van der Waals surface area contributed by atoms with Crippen LogP contribution in [0.5, 0.6) is 6.01 Å². The van der Waals surface area contributed by atoms with E-state index in [1.54, 1.807) is 0 Å². The summed E-state index contributed by atoms with van der Waals surface area (Å²) in [5.41, 5.74) is 4.14. The van der Waals surface area contributed by atoms with E-state index in [2.05, 4.69) is 29.2 Å². The molecule has 1 aliphatic rings. The molecule has 0 radical (unpaired) electrons. The molecule has 1 heterocycles. The maximum Gasteiger partial charge on any atom is 0.316 e. The maximum absolute atomic E-state index is 5.92. The van der Waals surface area contributed by atoms with Crippen molar-refractivity contribution >= 4 is 0 Å². The Morgan fingerprint density at radius 3 is 2.16 bits per heavy atom. The minimum absolute atomic E-state index is 0.477. The molecule has 4 rings (SSSR count). The van der Waals surface area contributed by atoms with Gasteiger partial charge in [0, 0.05) is 17.3 Å². The molecule has 1 fully saturated rings. The largest absolute Gasteiger partial charge is 0.463 e. The molecule has 3 heteroatoms. The Hall–Kier alpha value is -2.68. The van der Waals surface area contributed by atoms with Crippen LogP contribution in [0.15, 0.2) is 66.9 Å². The predicted molar refractivity (Wildman–Crippen MR) is 100 cm³/mol. The van der Waals surface area contributed by atoms with Crippen molar-refractivity contribution in [1.29, 1.82) is 0 Å². The van der Waals surface area contributed by atoms with Crippen molar-refractivity contribution in [3.8, 4) is 28.4 Å². The van der Waals surface area contributed by atoms with Gasteiger partial charge in [-0.15, -0.1) is 0 Å². The minimum Gasteiger partial charge on any atom is -0.463 e. The van der Waals surface area contributed by atoms with Crippen LogP contribution < -0.4 is 4.74 Å². The smallest absolute Gasteiger partial charge is 0.316 e. The van der Waals surface area contributed by atoms with Crippen LogP contribution in [-0.2, 0) is 0 Å². The Bertz CT molecular complexity index is 812. The summed E-state index contributed by atoms with van der Waals surface area (Å²) in [5, 5.41) is 0. The topological polar surface area (TPSA) is 35.0 Å². The van der Waals surface area contributed by atoms with Gasteiger partial charge in [0.15, 0.2) is 0 Å². The monoisotopic (exact) mass is 330 g/mol. The number of nitrogens with zero attached hydrogens (tertiary/aromatic N) is 2. The van der Waals surface area contributed by atoms with Gasteiger partial charge in [0.1, 0.15) is 0 Å². The molecule has 3 aromatic rings. The third kappa shape index (κ3) is 3.71. The van der Waals surface area contributed by atoms with Gasteiger partial charge in [0.2, 0.25) is 0 Å². The second kappa shape index (κ2) is 7.47. The Balaban J connectivity index is 1.67. The molecule has 0 bridgehead atoms. The first-order valence-corrected chi connectivity index (χ1v) is 9.01. The lowest BCUT2D eigenvalue weighted by atomic mass is 10.0. The van der Waals surface area contributed by atoms with Gasteiger partial charge in [-0.3, -0.25) is 0 Å². The first-order chi connectivity index (χ1) is 12.4. The Labute approximate surface area is 148 Å². The fourth-order valence-electron chi connectivity index (χ4n) is 3.45. The Morgan fingerprint density at radius 1 is 0.840 bits per heavy atom. The van der Waals surface area contributed by atoms with Gasteiger partial charge < -0.3 is 4.74 Å². The molecular formula is C22H22N2O. The molecule has 1 aliphatic carbocycles. The summed E-state index contributed by atoms with van der Waals surface area (Å²) in [4.78, 5) is 9.22. The van der Waals surface area contributed by atoms with Crippen molar-refractivity contribution in [2.24, 2.45) is 5.92 Å². The molecule has 0 spiro atoms. The van der Waals surface area contributed by atoms with Gasteiger partial charge in [-0.05, 0) is 24.3 Å². The van der Waals surface area contributed by atoms with E-state index in [9.17, 15) is 0 Å². The highest BCUT2D eigenvalue weighted by Gasteiger charge is 2.17. The predicted octanol–water partition coefficient (Wildman–Crippen LogP) is 5.38. The van der Waals surface area contributed by atoms with E-state index in [1.807, 2.05) is 42.6 Å². The average molecular weight is 330 g/mol. The fraction of sp³-hybridized carbons (Fsp3) is 0.273. The van der Waals surface area contributed by atoms with Crippen LogP contribution >= 0.6 is 0 Å². The molecule has 0 N–H and O–H groups in total. The molecule has 126 valence electrons. The summed E-state index contributed by atoms with van der Waals surface area (Å²) in [7, 11) is 0. The summed E-state index contributed by atoms with van der Waals surface area (Å²) in [6, 6.07) is 21.0. The number of hydrogen-bond acceptors (Lipinski definition) is 3. The highest BCUT2D eigenvalue weighted by molar-refractivity contribution is 5.80. The third-order valence-corrected chi connectivity index (χ3v) is 4.82. The van der Waals surface area contributed by atoms with Gasteiger partial charge in [0.05, 0.1) is 12.3 Å². The lowest BCUT2D eigenvalue weighted by Crippen LogP contribution is -2.10. The molecule has 25 heavy (non-hydrogen) atoms. The lowest BCUT2D eigenvalue weighted by Gasteiger charge is -2.13. The van der Waals surface area contributed by atoms with Crippen LogP contribution in [0.3, 0.4) is 0 Å². The maximum atomic E-state index is 5.92. The summed E-state index contributed by atoms with van der Waals surface area (Å²) in [5.74, 6) is 0.651. The standard InChI is InChI=1S/C22H22N2O/c1-3-11-18(12-4-1)20-15-23-22(25-16-17-9-7-8-10-17)24-21(20)19-13-5-2-6-14-19/h1-6,11-15,17H,7-10,16H2. The van der Waals surface area contributed by atoms with E-state index in [0.29, 0.717) is 11.9 Å². The molecule has 0 aliphatic heterocycles. The first kappa shape index (κ1) is 15.8. The van der Waals surface area contributed by atoms with Crippen LogP contribution in [0.25, 0.3) is 22.4 Å². The van der Waals surface area contributed by atoms with Crippen molar-refractivity contribution in [1.82, 2.24) is 9.97 Å². The van der Waals surface area contributed by atoms with Crippen LogP contribution in [0.4, 0.5) is 0 Å². The number of rotatable bonds is 5. The van der Waals surface area contributed by atoms with Crippen molar-refractivity contribution < 1.29 is 4.74 Å². The van der Waals surface area contributed by atoms with Crippen LogP contribution in [-0.4, -0.2) is 16.6 Å². The third-order valence-electron chi connectivity index (χ3n) is 4.82. The molecular weight excluding hydrogens is 308 g/mol. The zero-order valence-electron chi connectivity index (χ0n) is 14.3. The zero-order chi connectivity index (χ0) is 16.9. The number of hydrogen-bond donors (Lipinski definition) is 0. The zero-order valence-corrected chi connectivity index (χ0v) is 14.3. The molecule has 1 aromatic heterocycles. The lowest BCUT2D eigenvalue weighted by molar-refractivity contribution is 0.234. The van der Waals surface area contributed by atoms with Gasteiger partial charge in [-0.25, -0.2) is 4.98 Å². The second-order valence-corrected chi connectivity index (χ2v) is 6.61. The first-order valence-electron chi connectivity index (χ1n) is 9.01. The average Bonchev–Trinajstić information content (AvgIpc) is 3.21.